The molecule has 3 aliphatic heterocycles. The van der Waals surface area contributed by atoms with Gasteiger partial charge < -0.3 is 0 Å². The molecule has 1 spiro atoms. The van der Waals surface area contributed by atoms with Gasteiger partial charge in [-0.05, 0) is 0 Å². The van der Waals surface area contributed by atoms with E-state index in [2.05, 4.69) is 20.8 Å². The van der Waals surface area contributed by atoms with E-state index in [4.69, 9.17) is 14.2 Å². The summed E-state index contributed by atoms with van der Waals surface area (Å²) < 4.78 is 52.8. The van der Waals surface area contributed by atoms with E-state index in [1.165, 1.54) is 51.8 Å². The Morgan fingerprint density at radius 2 is 1.46 bits per heavy atom. The van der Waals surface area contributed by atoms with E-state index >= 15 is 8.78 Å². The molecule has 0 amide bonds. The molecule has 3 nitrogen and oxygen atoms in total. The molecular weight excluding hydrogens is 469 g/mol. The van der Waals surface area contributed by atoms with E-state index in [1.54, 1.807) is 13.8 Å². The Balaban J connectivity index is 1.95. The molecule has 0 N–H and O–H groups in total. The predicted octanol–water partition coefficient (Wildman–Crippen LogP) is 6.53. The normalized spacial score (nSPS) is 35.9. The predicted molar refractivity (Wildman–Crippen MR) is 111 cm³/mol. The van der Waals surface area contributed by atoms with Crippen molar-refractivity contribution in [2.45, 2.75) is 126 Å². The van der Waals surface area contributed by atoms with Gasteiger partial charge in [-0.15, -0.1) is 0 Å². The molecule has 3 aliphatic rings. The van der Waals surface area contributed by atoms with Crippen LogP contribution in [0.5, 0.6) is 0 Å². The van der Waals surface area contributed by atoms with Gasteiger partial charge in [-0.25, -0.2) is 0 Å². The van der Waals surface area contributed by atoms with Crippen LogP contribution >= 0.6 is 0 Å². The molecule has 6 heteroatoms. The van der Waals surface area contributed by atoms with Crippen molar-refractivity contribution >= 4 is 18.4 Å². The van der Waals surface area contributed by atoms with Crippen LogP contribution < -0.4 is 0 Å². The number of halogens is 2. The fourth-order valence-electron chi connectivity index (χ4n) is 5.98. The first kappa shape index (κ1) is 23.2. The first-order valence-corrected chi connectivity index (χ1v) is 19.3. The topological polar surface area (TPSA) is 27.7 Å². The molecule has 4 atom stereocenters. The molecule has 164 valence electrons. The average Bonchev–Trinajstić information content (AvgIpc) is 3.28. The molecule has 3 rings (SSSR count). The number of alkyl halides is 2. The van der Waals surface area contributed by atoms with Crippen molar-refractivity contribution in [3.63, 3.8) is 0 Å². The average molecular weight is 509 g/mol. The summed E-state index contributed by atoms with van der Waals surface area (Å²) >= 11 is -2.72. The van der Waals surface area contributed by atoms with E-state index < -0.39 is 47.9 Å². The minimum atomic E-state index is -2.96. The summed E-state index contributed by atoms with van der Waals surface area (Å²) in [6.07, 6.45) is 6.37. The van der Waals surface area contributed by atoms with Gasteiger partial charge in [0, 0.05) is 0 Å². The van der Waals surface area contributed by atoms with Crippen LogP contribution in [0.1, 0.15) is 79.6 Å². The summed E-state index contributed by atoms with van der Waals surface area (Å²) in [5.74, 6) is -3.92. The fourth-order valence-corrected chi connectivity index (χ4v) is 25.2. The number of ether oxygens (including phenoxy) is 3. The molecule has 28 heavy (non-hydrogen) atoms. The molecular formula is C22H40F2O3Sn. The molecule has 2 bridgehead atoms. The maximum absolute atomic E-state index is 15.4. The number of rotatable bonds is 10. The van der Waals surface area contributed by atoms with Gasteiger partial charge in [0.1, 0.15) is 0 Å². The van der Waals surface area contributed by atoms with Gasteiger partial charge in [0.15, 0.2) is 0 Å². The minimum absolute atomic E-state index is 0.0397. The van der Waals surface area contributed by atoms with Crippen molar-refractivity contribution in [2.24, 2.45) is 0 Å². The molecule has 3 saturated heterocycles. The Bertz CT molecular complexity index is 520. The quantitative estimate of drug-likeness (QED) is 0.314. The van der Waals surface area contributed by atoms with Crippen molar-refractivity contribution in [1.29, 1.82) is 0 Å². The zero-order chi connectivity index (χ0) is 20.6. The second-order valence-corrected chi connectivity index (χ2v) is 24.0. The third-order valence-corrected chi connectivity index (χ3v) is 25.1. The molecule has 3 heterocycles. The molecule has 0 aromatic carbocycles. The Morgan fingerprint density at radius 1 is 0.929 bits per heavy atom. The van der Waals surface area contributed by atoms with Gasteiger partial charge in [-0.3, -0.25) is 0 Å². The second-order valence-electron chi connectivity index (χ2n) is 9.86. The van der Waals surface area contributed by atoms with E-state index in [0.29, 0.717) is 10.4 Å². The number of hydrogen-bond donors (Lipinski definition) is 0. The summed E-state index contributed by atoms with van der Waals surface area (Å²) in [6, 6.07) is 0. The van der Waals surface area contributed by atoms with Crippen LogP contribution in [0, 0.1) is 0 Å². The SMILES string of the molecule is CCC[CH2][Sn]([CH2]CCC)([CH2]CCC)[C@H]1C[C@H]2O[C@@H]1[C@@]1(COC(C)(C)O1)C2(F)F. The maximum atomic E-state index is 15.4. The van der Waals surface area contributed by atoms with E-state index in [0.717, 1.165) is 0 Å². The van der Waals surface area contributed by atoms with Crippen molar-refractivity contribution in [2.75, 3.05) is 6.61 Å². The van der Waals surface area contributed by atoms with E-state index in [1.807, 2.05) is 0 Å². The van der Waals surface area contributed by atoms with Crippen LogP contribution in [0.3, 0.4) is 0 Å². The van der Waals surface area contributed by atoms with Crippen LogP contribution in [0.25, 0.3) is 0 Å². The van der Waals surface area contributed by atoms with Crippen molar-refractivity contribution in [3.8, 4) is 0 Å². The Morgan fingerprint density at radius 3 is 1.86 bits per heavy atom. The molecule has 0 aromatic rings. The Kier molecular flexibility index (Phi) is 7.11. The van der Waals surface area contributed by atoms with Gasteiger partial charge in [0.25, 0.3) is 0 Å². The van der Waals surface area contributed by atoms with Crippen LogP contribution in [-0.2, 0) is 14.2 Å². The number of fused-ring (bicyclic) bond motifs is 3. The summed E-state index contributed by atoms with van der Waals surface area (Å²) in [5, 5.41) is 0. The Labute approximate surface area is 174 Å². The first-order valence-electron chi connectivity index (χ1n) is 11.6. The van der Waals surface area contributed by atoms with Crippen molar-refractivity contribution in [1.82, 2.24) is 0 Å². The number of hydrogen-bond acceptors (Lipinski definition) is 3. The molecule has 0 aliphatic carbocycles. The van der Waals surface area contributed by atoms with Crippen molar-refractivity contribution in [3.05, 3.63) is 0 Å². The monoisotopic (exact) mass is 510 g/mol. The van der Waals surface area contributed by atoms with Crippen LogP contribution in [0.2, 0.25) is 17.2 Å². The molecule has 0 aromatic heterocycles. The zero-order valence-electron chi connectivity index (χ0n) is 18.5. The molecule has 0 radical (unpaired) electrons. The molecule has 3 fully saturated rings. The van der Waals surface area contributed by atoms with Crippen LogP contribution in [0.4, 0.5) is 8.78 Å². The third kappa shape index (κ3) is 3.79. The van der Waals surface area contributed by atoms with Gasteiger partial charge in [-0.2, -0.15) is 0 Å². The van der Waals surface area contributed by atoms with E-state index in [-0.39, 0.29) is 6.61 Å². The number of unbranched alkanes of at least 4 members (excludes halogenated alkanes) is 3. The zero-order valence-corrected chi connectivity index (χ0v) is 21.3. The second kappa shape index (κ2) is 8.58. The standard InChI is InChI=1S/C10H13F2O3.3C4H9.Sn/c1-8(2)13-5-9(15-8)6-3-4-7(14-6)10(9,11)12;3*1-3-4-2;/h3,6-7H,4-5H2,1-2H3;3*1,3-4H2,2H3;/t6-,7+,9-;;;;/m0..../s1. The molecule has 0 unspecified atom stereocenters. The van der Waals surface area contributed by atoms with Gasteiger partial charge in [-0.1, -0.05) is 0 Å². The van der Waals surface area contributed by atoms with Crippen molar-refractivity contribution < 1.29 is 23.0 Å². The summed E-state index contributed by atoms with van der Waals surface area (Å²) in [5.41, 5.74) is -1.57. The van der Waals surface area contributed by atoms with Crippen LogP contribution in [-0.4, -0.2) is 54.5 Å². The Hall–Kier alpha value is 0.539. The van der Waals surface area contributed by atoms with Gasteiger partial charge in [0.05, 0.1) is 0 Å². The van der Waals surface area contributed by atoms with Gasteiger partial charge in [0.2, 0.25) is 0 Å². The summed E-state index contributed by atoms with van der Waals surface area (Å²) in [7, 11) is 0. The third-order valence-electron chi connectivity index (χ3n) is 7.51. The van der Waals surface area contributed by atoms with Gasteiger partial charge >= 0.3 is 174 Å². The summed E-state index contributed by atoms with van der Waals surface area (Å²) in [4.78, 5) is 0. The molecule has 0 saturated carbocycles. The fraction of sp³-hybridized carbons (Fsp3) is 1.00. The van der Waals surface area contributed by atoms with E-state index in [9.17, 15) is 0 Å². The summed E-state index contributed by atoms with van der Waals surface area (Å²) in [6.45, 7) is 10.2. The first-order chi connectivity index (χ1) is 13.2. The van der Waals surface area contributed by atoms with Crippen LogP contribution in [0.15, 0.2) is 0 Å².